The van der Waals surface area contributed by atoms with E-state index in [0.29, 0.717) is 12.0 Å². The number of imidazole rings is 1. The lowest BCUT2D eigenvalue weighted by molar-refractivity contribution is 0.429. The summed E-state index contributed by atoms with van der Waals surface area (Å²) >= 11 is 0. The molecule has 6 nitrogen and oxygen atoms in total. The summed E-state index contributed by atoms with van der Waals surface area (Å²) in [4.78, 5) is 19.2. The summed E-state index contributed by atoms with van der Waals surface area (Å²) in [6.45, 7) is 1.09. The second-order valence-electron chi connectivity index (χ2n) is 6.17. The summed E-state index contributed by atoms with van der Waals surface area (Å²) in [5.74, 6) is 2.51. The van der Waals surface area contributed by atoms with Crippen molar-refractivity contribution >= 4 is 22.9 Å². The van der Waals surface area contributed by atoms with E-state index in [0.717, 1.165) is 29.4 Å². The van der Waals surface area contributed by atoms with Gasteiger partial charge in [0, 0.05) is 19.6 Å². The fourth-order valence-electron chi connectivity index (χ4n) is 4.03. The minimum atomic E-state index is 0.638. The molecule has 1 unspecified atom stereocenters. The number of hydrogen-bond donors (Lipinski definition) is 2. The predicted octanol–water partition coefficient (Wildman–Crippen LogP) is 2.55. The van der Waals surface area contributed by atoms with Crippen molar-refractivity contribution in [2.75, 3.05) is 23.8 Å². The van der Waals surface area contributed by atoms with Crippen LogP contribution in [0.15, 0.2) is 6.33 Å². The number of aromatic amines is 1. The van der Waals surface area contributed by atoms with Crippen LogP contribution in [0.4, 0.5) is 11.8 Å². The molecule has 1 saturated heterocycles. The van der Waals surface area contributed by atoms with Crippen LogP contribution in [0.1, 0.15) is 38.5 Å². The Morgan fingerprint density at radius 1 is 1.19 bits per heavy atom. The highest BCUT2D eigenvalue weighted by atomic mass is 15.3. The van der Waals surface area contributed by atoms with Crippen LogP contribution < -0.4 is 10.2 Å². The minimum absolute atomic E-state index is 0.638. The van der Waals surface area contributed by atoms with Gasteiger partial charge in [-0.05, 0) is 31.6 Å². The summed E-state index contributed by atoms with van der Waals surface area (Å²) in [6.07, 6.45) is 9.78. The molecule has 0 bridgehead atoms. The molecule has 1 saturated carbocycles. The van der Waals surface area contributed by atoms with E-state index in [9.17, 15) is 0 Å². The second-order valence-corrected chi connectivity index (χ2v) is 6.17. The van der Waals surface area contributed by atoms with Crippen molar-refractivity contribution in [1.29, 1.82) is 0 Å². The molecule has 112 valence electrons. The number of H-pyrrole nitrogens is 1. The molecule has 4 rings (SSSR count). The molecule has 1 aliphatic heterocycles. The molecular weight excluding hydrogens is 264 g/mol. The van der Waals surface area contributed by atoms with Crippen LogP contribution in [0.3, 0.4) is 0 Å². The van der Waals surface area contributed by atoms with Gasteiger partial charge >= 0.3 is 0 Å². The molecule has 3 heterocycles. The lowest BCUT2D eigenvalue weighted by atomic mass is 9.96. The first kappa shape index (κ1) is 12.9. The van der Waals surface area contributed by atoms with Gasteiger partial charge in [0.05, 0.1) is 6.33 Å². The predicted molar refractivity (Wildman–Crippen MR) is 83.6 cm³/mol. The van der Waals surface area contributed by atoms with Crippen molar-refractivity contribution in [3.8, 4) is 0 Å². The van der Waals surface area contributed by atoms with Crippen molar-refractivity contribution in [3.05, 3.63) is 6.33 Å². The Labute approximate surface area is 124 Å². The quantitative estimate of drug-likeness (QED) is 0.907. The average Bonchev–Trinajstić information content (AvgIpc) is 3.24. The van der Waals surface area contributed by atoms with Crippen molar-refractivity contribution in [2.24, 2.45) is 5.92 Å². The summed E-state index contributed by atoms with van der Waals surface area (Å²) in [5.41, 5.74) is 1.72. The first-order valence-corrected chi connectivity index (χ1v) is 8.02. The van der Waals surface area contributed by atoms with Crippen molar-refractivity contribution in [1.82, 2.24) is 19.9 Å². The van der Waals surface area contributed by atoms with E-state index in [1.807, 2.05) is 7.05 Å². The monoisotopic (exact) mass is 286 g/mol. The number of fused-ring (bicyclic) bond motifs is 1. The fourth-order valence-corrected chi connectivity index (χ4v) is 4.03. The van der Waals surface area contributed by atoms with Gasteiger partial charge < -0.3 is 15.2 Å². The maximum Gasteiger partial charge on any atom is 0.226 e. The third-order valence-corrected chi connectivity index (χ3v) is 5.01. The third-order valence-electron chi connectivity index (χ3n) is 5.01. The second kappa shape index (κ2) is 5.16. The van der Waals surface area contributed by atoms with Crippen LogP contribution in [-0.4, -0.2) is 39.6 Å². The van der Waals surface area contributed by atoms with Crippen LogP contribution in [0.2, 0.25) is 0 Å². The molecule has 6 heteroatoms. The molecule has 2 aromatic rings. The van der Waals surface area contributed by atoms with Gasteiger partial charge in [-0.3, -0.25) is 0 Å². The SMILES string of the molecule is CNc1nc(N2CCCC2C2CCCC2)c2[nH]cnc2n1. The molecule has 2 aromatic heterocycles. The topological polar surface area (TPSA) is 69.7 Å². The number of rotatable bonds is 3. The van der Waals surface area contributed by atoms with E-state index in [2.05, 4.69) is 25.2 Å². The standard InChI is InChI=1S/C15H22N6/c1-16-15-19-13-12(17-9-18-13)14(20-15)21-8-4-7-11(21)10-5-2-3-6-10/h9-11H,2-8H2,1H3,(H2,16,17,18,19,20). The molecule has 0 spiro atoms. The van der Waals surface area contributed by atoms with Crippen LogP contribution in [-0.2, 0) is 0 Å². The van der Waals surface area contributed by atoms with Crippen LogP contribution in [0, 0.1) is 5.92 Å². The van der Waals surface area contributed by atoms with Crippen molar-refractivity contribution < 1.29 is 0 Å². The first-order valence-electron chi connectivity index (χ1n) is 8.02. The molecule has 0 radical (unpaired) electrons. The van der Waals surface area contributed by atoms with Gasteiger partial charge in [-0.1, -0.05) is 12.8 Å². The summed E-state index contributed by atoms with van der Waals surface area (Å²) in [5, 5.41) is 3.05. The van der Waals surface area contributed by atoms with E-state index < -0.39 is 0 Å². The highest BCUT2D eigenvalue weighted by Gasteiger charge is 2.35. The number of anilines is 2. The Morgan fingerprint density at radius 3 is 2.86 bits per heavy atom. The van der Waals surface area contributed by atoms with Gasteiger partial charge in [-0.2, -0.15) is 9.97 Å². The Kier molecular flexibility index (Phi) is 3.16. The lowest BCUT2D eigenvalue weighted by Crippen LogP contribution is -2.35. The average molecular weight is 286 g/mol. The van der Waals surface area contributed by atoms with Gasteiger partial charge in [-0.15, -0.1) is 0 Å². The Bertz CT molecular complexity index is 630. The zero-order valence-electron chi connectivity index (χ0n) is 12.5. The maximum absolute atomic E-state index is 4.73. The zero-order chi connectivity index (χ0) is 14.2. The number of nitrogens with one attached hydrogen (secondary N) is 2. The van der Waals surface area contributed by atoms with Gasteiger partial charge in [0.25, 0.3) is 0 Å². The lowest BCUT2D eigenvalue weighted by Gasteiger charge is -2.30. The smallest absolute Gasteiger partial charge is 0.226 e. The molecule has 0 aromatic carbocycles. The minimum Gasteiger partial charge on any atom is -0.357 e. The Balaban J connectivity index is 1.75. The Hall–Kier alpha value is -1.85. The molecule has 2 fully saturated rings. The summed E-state index contributed by atoms with van der Waals surface area (Å²) in [7, 11) is 1.86. The number of hydrogen-bond acceptors (Lipinski definition) is 5. The van der Waals surface area contributed by atoms with Crippen molar-refractivity contribution in [2.45, 2.75) is 44.6 Å². The summed E-state index contributed by atoms with van der Waals surface area (Å²) in [6, 6.07) is 0.638. The van der Waals surface area contributed by atoms with E-state index in [1.165, 1.54) is 38.5 Å². The highest BCUT2D eigenvalue weighted by Crippen LogP contribution is 2.38. The van der Waals surface area contributed by atoms with Gasteiger partial charge in [0.2, 0.25) is 5.95 Å². The normalized spacial score (nSPS) is 23.3. The fraction of sp³-hybridized carbons (Fsp3) is 0.667. The molecule has 21 heavy (non-hydrogen) atoms. The number of nitrogens with zero attached hydrogens (tertiary/aromatic N) is 4. The molecule has 2 N–H and O–H groups in total. The third kappa shape index (κ3) is 2.13. The number of aromatic nitrogens is 4. The van der Waals surface area contributed by atoms with Crippen molar-refractivity contribution in [3.63, 3.8) is 0 Å². The first-order chi connectivity index (χ1) is 10.4. The summed E-state index contributed by atoms with van der Waals surface area (Å²) < 4.78 is 0. The molecule has 0 amide bonds. The van der Waals surface area contributed by atoms with E-state index in [1.54, 1.807) is 6.33 Å². The van der Waals surface area contributed by atoms with E-state index in [-0.39, 0.29) is 0 Å². The van der Waals surface area contributed by atoms with Crippen LogP contribution in [0.5, 0.6) is 0 Å². The maximum atomic E-state index is 4.73. The van der Waals surface area contributed by atoms with Gasteiger partial charge in [-0.25, -0.2) is 4.98 Å². The van der Waals surface area contributed by atoms with E-state index >= 15 is 0 Å². The molecular formula is C15H22N6. The largest absolute Gasteiger partial charge is 0.357 e. The molecule has 1 aliphatic carbocycles. The highest BCUT2D eigenvalue weighted by molar-refractivity contribution is 5.84. The van der Waals surface area contributed by atoms with Crippen LogP contribution >= 0.6 is 0 Å². The molecule has 1 atom stereocenters. The molecule has 2 aliphatic rings. The van der Waals surface area contributed by atoms with E-state index in [4.69, 9.17) is 4.98 Å². The zero-order valence-corrected chi connectivity index (χ0v) is 12.5. The van der Waals surface area contributed by atoms with Crippen LogP contribution in [0.25, 0.3) is 11.2 Å². The van der Waals surface area contributed by atoms with Gasteiger partial charge in [0.1, 0.15) is 5.52 Å². The Morgan fingerprint density at radius 2 is 2.05 bits per heavy atom. The van der Waals surface area contributed by atoms with Gasteiger partial charge in [0.15, 0.2) is 11.5 Å².